The van der Waals surface area contributed by atoms with E-state index in [9.17, 15) is 4.79 Å². The molecule has 0 spiro atoms. The van der Waals surface area contributed by atoms with E-state index < -0.39 is 6.10 Å². The zero-order chi connectivity index (χ0) is 14.4. The molecule has 0 fully saturated rings. The average molecular weight is 395 g/mol. The number of halogens is 2. The van der Waals surface area contributed by atoms with Crippen molar-refractivity contribution in [2.24, 2.45) is 0 Å². The van der Waals surface area contributed by atoms with E-state index in [1.165, 1.54) is 0 Å². The number of ether oxygens (including phenoxy) is 2. The molecule has 0 aliphatic heterocycles. The van der Waals surface area contributed by atoms with Crippen molar-refractivity contribution in [3.8, 4) is 5.75 Å². The minimum Gasteiger partial charge on any atom is -0.477 e. The summed E-state index contributed by atoms with van der Waals surface area (Å²) < 4.78 is 12.1. The van der Waals surface area contributed by atoms with Crippen LogP contribution in [0.5, 0.6) is 5.75 Å². The number of esters is 1. The Labute approximate surface area is 130 Å². The Bertz CT molecular complexity index is 429. The molecule has 19 heavy (non-hydrogen) atoms. The Morgan fingerprint density at radius 1 is 1.37 bits per heavy atom. The molecule has 0 heterocycles. The van der Waals surface area contributed by atoms with Gasteiger partial charge >= 0.3 is 5.97 Å². The fourth-order valence-electron chi connectivity index (χ4n) is 1.52. The fraction of sp³-hybridized carbons (Fsp3) is 0.462. The second-order valence-electron chi connectivity index (χ2n) is 3.93. The number of carbonyl (C=O) groups excluding carboxylic acids is 1. The van der Waals surface area contributed by atoms with E-state index >= 15 is 0 Å². The molecule has 0 saturated heterocycles. The van der Waals surface area contributed by atoms with Gasteiger partial charge in [0.2, 0.25) is 0 Å². The molecule has 0 saturated carbocycles. The van der Waals surface area contributed by atoms with Gasteiger partial charge in [-0.3, -0.25) is 0 Å². The summed E-state index contributed by atoms with van der Waals surface area (Å²) in [5, 5.41) is 3.08. The smallest absolute Gasteiger partial charge is 0.347 e. The van der Waals surface area contributed by atoms with E-state index in [4.69, 9.17) is 9.47 Å². The first kappa shape index (κ1) is 16.5. The molecule has 0 aromatic heterocycles. The van der Waals surface area contributed by atoms with E-state index in [2.05, 4.69) is 37.2 Å². The highest BCUT2D eigenvalue weighted by Crippen LogP contribution is 2.35. The van der Waals surface area contributed by atoms with Crippen LogP contribution in [0.4, 0.5) is 0 Å². The molecule has 1 aromatic carbocycles. The van der Waals surface area contributed by atoms with Crippen LogP contribution in [0, 0.1) is 0 Å². The van der Waals surface area contributed by atoms with Crippen molar-refractivity contribution in [2.45, 2.75) is 26.5 Å². The molecule has 0 radical (unpaired) electrons. The van der Waals surface area contributed by atoms with Gasteiger partial charge in [0.15, 0.2) is 6.10 Å². The first-order valence-corrected chi connectivity index (χ1v) is 7.54. The number of benzene rings is 1. The maximum absolute atomic E-state index is 11.6. The molecular weight excluding hydrogens is 378 g/mol. The van der Waals surface area contributed by atoms with Crippen molar-refractivity contribution < 1.29 is 14.3 Å². The summed E-state index contributed by atoms with van der Waals surface area (Å²) in [6, 6.07) is 3.91. The van der Waals surface area contributed by atoms with Crippen LogP contribution in [-0.2, 0) is 16.1 Å². The van der Waals surface area contributed by atoms with E-state index in [1.54, 1.807) is 13.8 Å². The predicted molar refractivity (Wildman–Crippen MR) is 81.3 cm³/mol. The van der Waals surface area contributed by atoms with Gasteiger partial charge in [-0.25, -0.2) is 4.79 Å². The summed E-state index contributed by atoms with van der Waals surface area (Å²) in [6.45, 7) is 4.53. The molecule has 0 aliphatic rings. The van der Waals surface area contributed by atoms with Crippen LogP contribution in [0.1, 0.15) is 19.4 Å². The zero-order valence-corrected chi connectivity index (χ0v) is 14.3. The lowest BCUT2D eigenvalue weighted by molar-refractivity contribution is -0.150. The Morgan fingerprint density at radius 3 is 2.42 bits per heavy atom. The molecule has 1 aromatic rings. The normalized spacial score (nSPS) is 12.1. The molecule has 0 aliphatic carbocycles. The van der Waals surface area contributed by atoms with Crippen molar-refractivity contribution in [1.82, 2.24) is 5.32 Å². The summed E-state index contributed by atoms with van der Waals surface area (Å²) in [6.07, 6.45) is -0.650. The molecule has 0 amide bonds. The molecule has 1 unspecified atom stereocenters. The third-order valence-corrected chi connectivity index (χ3v) is 3.53. The summed E-state index contributed by atoms with van der Waals surface area (Å²) >= 11 is 6.90. The largest absolute Gasteiger partial charge is 0.477 e. The lowest BCUT2D eigenvalue weighted by atomic mass is 10.2. The highest BCUT2D eigenvalue weighted by molar-refractivity contribution is 9.11. The van der Waals surface area contributed by atoms with E-state index in [0.717, 1.165) is 21.1 Å². The van der Waals surface area contributed by atoms with Crippen LogP contribution in [-0.4, -0.2) is 25.7 Å². The highest BCUT2D eigenvalue weighted by Gasteiger charge is 2.19. The summed E-state index contributed by atoms with van der Waals surface area (Å²) in [7, 11) is 1.88. The van der Waals surface area contributed by atoms with E-state index in [0.29, 0.717) is 12.4 Å². The van der Waals surface area contributed by atoms with Gasteiger partial charge in [-0.2, -0.15) is 0 Å². The Morgan fingerprint density at radius 2 is 1.95 bits per heavy atom. The molecule has 4 nitrogen and oxygen atoms in total. The molecular formula is C13H17Br2NO3. The van der Waals surface area contributed by atoms with Gasteiger partial charge < -0.3 is 14.8 Å². The molecule has 1 atom stereocenters. The monoisotopic (exact) mass is 393 g/mol. The molecule has 1 rings (SSSR count). The topological polar surface area (TPSA) is 47.6 Å². The number of hydrogen-bond acceptors (Lipinski definition) is 4. The van der Waals surface area contributed by atoms with Gasteiger partial charge in [-0.1, -0.05) is 0 Å². The van der Waals surface area contributed by atoms with Gasteiger partial charge in [0.1, 0.15) is 5.75 Å². The van der Waals surface area contributed by atoms with Crippen LogP contribution in [0.25, 0.3) is 0 Å². The lowest BCUT2D eigenvalue weighted by Gasteiger charge is -2.16. The standard InChI is InChI=1S/C13H17Br2NO3/c1-4-18-13(17)8(2)19-12-10(14)5-9(7-16-3)6-11(12)15/h5-6,8,16H,4,7H2,1-3H3. The quantitative estimate of drug-likeness (QED) is 0.752. The molecule has 1 N–H and O–H groups in total. The van der Waals surface area contributed by atoms with Crippen molar-refractivity contribution in [1.29, 1.82) is 0 Å². The van der Waals surface area contributed by atoms with Gasteiger partial charge in [-0.05, 0) is 70.5 Å². The summed E-state index contributed by atoms with van der Waals surface area (Å²) in [5.41, 5.74) is 1.11. The van der Waals surface area contributed by atoms with E-state index in [1.807, 2.05) is 19.2 Å². The number of hydrogen-bond donors (Lipinski definition) is 1. The third kappa shape index (κ3) is 4.78. The summed E-state index contributed by atoms with van der Waals surface area (Å²) in [4.78, 5) is 11.6. The summed E-state index contributed by atoms with van der Waals surface area (Å²) in [5.74, 6) is 0.223. The fourth-order valence-corrected chi connectivity index (χ4v) is 2.98. The molecule has 0 bridgehead atoms. The first-order chi connectivity index (χ1) is 8.99. The lowest BCUT2D eigenvalue weighted by Crippen LogP contribution is -2.26. The second-order valence-corrected chi connectivity index (χ2v) is 5.64. The minimum absolute atomic E-state index is 0.343. The number of carbonyl (C=O) groups is 1. The van der Waals surface area contributed by atoms with Crippen molar-refractivity contribution in [2.75, 3.05) is 13.7 Å². The van der Waals surface area contributed by atoms with Crippen molar-refractivity contribution >= 4 is 37.8 Å². The van der Waals surface area contributed by atoms with Crippen molar-refractivity contribution in [3.63, 3.8) is 0 Å². The number of nitrogens with one attached hydrogen (secondary N) is 1. The van der Waals surface area contributed by atoms with Crippen LogP contribution < -0.4 is 10.1 Å². The first-order valence-electron chi connectivity index (χ1n) is 5.95. The van der Waals surface area contributed by atoms with Gasteiger partial charge in [0.25, 0.3) is 0 Å². The van der Waals surface area contributed by atoms with Crippen molar-refractivity contribution in [3.05, 3.63) is 26.6 Å². The Kier molecular flexibility index (Phi) is 6.82. The number of rotatable bonds is 6. The van der Waals surface area contributed by atoms with Crippen LogP contribution in [0.15, 0.2) is 21.1 Å². The SMILES string of the molecule is CCOC(=O)C(C)Oc1c(Br)cc(CNC)cc1Br. The zero-order valence-electron chi connectivity index (χ0n) is 11.1. The highest BCUT2D eigenvalue weighted by atomic mass is 79.9. The van der Waals surface area contributed by atoms with Gasteiger partial charge in [-0.15, -0.1) is 0 Å². The third-order valence-electron chi connectivity index (χ3n) is 2.35. The molecule has 6 heteroatoms. The maximum atomic E-state index is 11.6. The van der Waals surface area contributed by atoms with Crippen LogP contribution >= 0.6 is 31.9 Å². The maximum Gasteiger partial charge on any atom is 0.347 e. The predicted octanol–water partition coefficient (Wildman–Crippen LogP) is 3.26. The van der Waals surface area contributed by atoms with E-state index in [-0.39, 0.29) is 5.97 Å². The minimum atomic E-state index is -0.650. The average Bonchev–Trinajstić information content (AvgIpc) is 2.34. The second kappa shape index (κ2) is 7.87. The Balaban J connectivity index is 2.86. The van der Waals surface area contributed by atoms with Gasteiger partial charge in [0.05, 0.1) is 15.6 Å². The Hall–Kier alpha value is -0.590. The van der Waals surface area contributed by atoms with Crippen LogP contribution in [0.3, 0.4) is 0 Å². The molecule has 106 valence electrons. The van der Waals surface area contributed by atoms with Gasteiger partial charge in [0, 0.05) is 6.54 Å². The van der Waals surface area contributed by atoms with Crippen LogP contribution in [0.2, 0.25) is 0 Å².